The van der Waals surface area contributed by atoms with Crippen molar-refractivity contribution in [1.29, 1.82) is 0 Å². The van der Waals surface area contributed by atoms with Gasteiger partial charge in [-0.15, -0.1) is 0 Å². The van der Waals surface area contributed by atoms with Gasteiger partial charge in [0, 0.05) is 30.1 Å². The lowest BCUT2D eigenvalue weighted by Gasteiger charge is -2.12. The molecule has 6 heteroatoms. The van der Waals surface area contributed by atoms with Gasteiger partial charge in [-0.05, 0) is 68.3 Å². The highest BCUT2D eigenvalue weighted by atomic mass is 35.5. The summed E-state index contributed by atoms with van der Waals surface area (Å²) in [5, 5.41) is 3.76. The number of carbonyl (C=O) groups is 1. The van der Waals surface area contributed by atoms with E-state index in [4.69, 9.17) is 21.3 Å². The van der Waals surface area contributed by atoms with E-state index < -0.39 is 0 Å². The van der Waals surface area contributed by atoms with Crippen LogP contribution in [0, 0.1) is 13.8 Å². The van der Waals surface area contributed by atoms with Gasteiger partial charge in [0.1, 0.15) is 11.6 Å². The lowest BCUT2D eigenvalue weighted by molar-refractivity contribution is 0.0954. The molecule has 4 rings (SSSR count). The predicted molar refractivity (Wildman–Crippen MR) is 133 cm³/mol. The van der Waals surface area contributed by atoms with E-state index >= 15 is 0 Å². The van der Waals surface area contributed by atoms with Crippen LogP contribution < -0.4 is 10.1 Å². The molecular formula is C27H28ClN3O2. The average Bonchev–Trinajstić information content (AvgIpc) is 3.16. The number of imidazole rings is 1. The second kappa shape index (κ2) is 10.5. The fourth-order valence-corrected chi connectivity index (χ4v) is 3.98. The maximum absolute atomic E-state index is 12.5. The highest BCUT2D eigenvalue weighted by Gasteiger charge is 2.12. The van der Waals surface area contributed by atoms with E-state index in [0.29, 0.717) is 25.1 Å². The van der Waals surface area contributed by atoms with Crippen molar-refractivity contribution in [2.24, 2.45) is 0 Å². The van der Waals surface area contributed by atoms with Crippen LogP contribution in [0.4, 0.5) is 0 Å². The molecule has 0 bridgehead atoms. The summed E-state index contributed by atoms with van der Waals surface area (Å²) in [6, 6.07) is 21.4. The SMILES string of the molecule is Cc1cccc(C(=O)NCCc2nc3ccccc3n2CCCOc2ccc(Cl)c(C)c2)c1. The van der Waals surface area contributed by atoms with E-state index in [0.717, 1.165) is 51.7 Å². The molecule has 1 N–H and O–H groups in total. The van der Waals surface area contributed by atoms with E-state index in [2.05, 4.69) is 16.0 Å². The van der Waals surface area contributed by atoms with Crippen LogP contribution in [0.25, 0.3) is 11.0 Å². The van der Waals surface area contributed by atoms with Crippen molar-refractivity contribution >= 4 is 28.5 Å². The van der Waals surface area contributed by atoms with Gasteiger partial charge in [-0.3, -0.25) is 4.79 Å². The fourth-order valence-electron chi connectivity index (χ4n) is 3.86. The molecule has 5 nitrogen and oxygen atoms in total. The minimum atomic E-state index is -0.0620. The summed E-state index contributed by atoms with van der Waals surface area (Å²) in [7, 11) is 0. The van der Waals surface area contributed by atoms with Crippen molar-refractivity contribution in [2.45, 2.75) is 33.2 Å². The summed E-state index contributed by atoms with van der Waals surface area (Å²) in [6.07, 6.45) is 1.49. The van der Waals surface area contributed by atoms with Crippen LogP contribution in [0.1, 0.15) is 33.7 Å². The zero-order chi connectivity index (χ0) is 23.2. The molecule has 0 fully saturated rings. The van der Waals surface area contributed by atoms with Crippen LogP contribution >= 0.6 is 11.6 Å². The van der Waals surface area contributed by atoms with Crippen molar-refractivity contribution in [3.63, 3.8) is 0 Å². The number of nitrogens with zero attached hydrogens (tertiary/aromatic N) is 2. The Bertz CT molecular complexity index is 1270. The molecule has 1 heterocycles. The first-order chi connectivity index (χ1) is 16.0. The number of amides is 1. The molecule has 33 heavy (non-hydrogen) atoms. The van der Waals surface area contributed by atoms with Crippen LogP contribution in [0.15, 0.2) is 66.7 Å². The molecule has 0 unspecified atom stereocenters. The molecule has 0 saturated heterocycles. The van der Waals surface area contributed by atoms with Gasteiger partial charge >= 0.3 is 0 Å². The molecular weight excluding hydrogens is 434 g/mol. The van der Waals surface area contributed by atoms with Gasteiger partial charge in [0.05, 0.1) is 17.6 Å². The number of rotatable bonds is 9. The summed E-state index contributed by atoms with van der Waals surface area (Å²) >= 11 is 6.09. The first-order valence-electron chi connectivity index (χ1n) is 11.2. The van der Waals surface area contributed by atoms with Gasteiger partial charge in [0.25, 0.3) is 5.91 Å². The van der Waals surface area contributed by atoms with E-state index in [-0.39, 0.29) is 5.91 Å². The van der Waals surface area contributed by atoms with Crippen molar-refractivity contribution < 1.29 is 9.53 Å². The van der Waals surface area contributed by atoms with Gasteiger partial charge in [0.2, 0.25) is 0 Å². The monoisotopic (exact) mass is 461 g/mol. The van der Waals surface area contributed by atoms with E-state index in [9.17, 15) is 4.79 Å². The van der Waals surface area contributed by atoms with Gasteiger partial charge in [-0.25, -0.2) is 4.98 Å². The number of benzene rings is 3. The molecule has 0 aliphatic heterocycles. The Hall–Kier alpha value is -3.31. The van der Waals surface area contributed by atoms with Crippen LogP contribution in [-0.2, 0) is 13.0 Å². The normalized spacial score (nSPS) is 11.0. The minimum absolute atomic E-state index is 0.0620. The van der Waals surface area contributed by atoms with E-state index in [1.165, 1.54) is 0 Å². The number of fused-ring (bicyclic) bond motifs is 1. The van der Waals surface area contributed by atoms with Gasteiger partial charge in [-0.1, -0.05) is 41.4 Å². The number of carbonyl (C=O) groups excluding carboxylic acids is 1. The summed E-state index contributed by atoms with van der Waals surface area (Å²) in [5.41, 5.74) is 4.81. The third-order valence-corrected chi connectivity index (χ3v) is 6.00. The molecule has 0 aliphatic rings. The van der Waals surface area contributed by atoms with Crippen molar-refractivity contribution in [3.05, 3.63) is 94.3 Å². The van der Waals surface area contributed by atoms with Crippen LogP contribution in [0.2, 0.25) is 5.02 Å². The summed E-state index contributed by atoms with van der Waals surface area (Å²) in [6.45, 7) is 5.86. The van der Waals surface area contributed by atoms with Crippen LogP contribution in [0.5, 0.6) is 5.75 Å². The number of aromatic nitrogens is 2. The number of ether oxygens (including phenoxy) is 1. The van der Waals surface area contributed by atoms with Crippen LogP contribution in [-0.4, -0.2) is 28.6 Å². The van der Waals surface area contributed by atoms with Gasteiger partial charge in [0.15, 0.2) is 0 Å². The smallest absolute Gasteiger partial charge is 0.251 e. The Labute approximate surface area is 199 Å². The number of aryl methyl sites for hydroxylation is 3. The van der Waals surface area contributed by atoms with Crippen LogP contribution in [0.3, 0.4) is 0 Å². The van der Waals surface area contributed by atoms with Crippen molar-refractivity contribution in [2.75, 3.05) is 13.2 Å². The maximum atomic E-state index is 12.5. The highest BCUT2D eigenvalue weighted by molar-refractivity contribution is 6.31. The Morgan fingerprint density at radius 2 is 1.91 bits per heavy atom. The van der Waals surface area contributed by atoms with Crippen molar-refractivity contribution in [1.82, 2.24) is 14.9 Å². The standard InChI is InChI=1S/C27H28ClN3O2/c1-19-7-5-8-21(17-19)27(32)29-14-13-26-30-24-9-3-4-10-25(24)31(26)15-6-16-33-22-11-12-23(28)20(2)18-22/h3-5,7-12,17-18H,6,13-16H2,1-2H3,(H,29,32). The molecule has 1 aromatic heterocycles. The molecule has 170 valence electrons. The zero-order valence-corrected chi connectivity index (χ0v) is 19.7. The minimum Gasteiger partial charge on any atom is -0.494 e. The topological polar surface area (TPSA) is 56.2 Å². The third-order valence-electron chi connectivity index (χ3n) is 5.57. The number of para-hydroxylation sites is 2. The Morgan fingerprint density at radius 3 is 2.73 bits per heavy atom. The molecule has 0 saturated carbocycles. The summed E-state index contributed by atoms with van der Waals surface area (Å²) < 4.78 is 8.14. The second-order valence-electron chi connectivity index (χ2n) is 8.16. The first-order valence-corrected chi connectivity index (χ1v) is 11.6. The first kappa shape index (κ1) is 22.9. The molecule has 0 radical (unpaired) electrons. The largest absolute Gasteiger partial charge is 0.494 e. The number of hydrogen-bond acceptors (Lipinski definition) is 3. The molecule has 0 aliphatic carbocycles. The second-order valence-corrected chi connectivity index (χ2v) is 8.56. The predicted octanol–water partition coefficient (Wildman–Crippen LogP) is 5.75. The quantitative estimate of drug-likeness (QED) is 0.323. The number of halogens is 1. The number of nitrogens with one attached hydrogen (secondary N) is 1. The fraction of sp³-hybridized carbons (Fsp3) is 0.259. The van der Waals surface area contributed by atoms with Crippen molar-refractivity contribution in [3.8, 4) is 5.75 Å². The maximum Gasteiger partial charge on any atom is 0.251 e. The molecule has 0 spiro atoms. The highest BCUT2D eigenvalue weighted by Crippen LogP contribution is 2.21. The summed E-state index contributed by atoms with van der Waals surface area (Å²) in [5.74, 6) is 1.72. The number of hydrogen-bond donors (Lipinski definition) is 1. The average molecular weight is 462 g/mol. The lowest BCUT2D eigenvalue weighted by Crippen LogP contribution is -2.26. The molecule has 3 aromatic carbocycles. The summed E-state index contributed by atoms with van der Waals surface area (Å²) in [4.78, 5) is 17.3. The Morgan fingerprint density at radius 1 is 1.06 bits per heavy atom. The Kier molecular flexibility index (Phi) is 7.30. The third kappa shape index (κ3) is 5.74. The van der Waals surface area contributed by atoms with Gasteiger partial charge < -0.3 is 14.6 Å². The molecule has 4 aromatic rings. The van der Waals surface area contributed by atoms with Gasteiger partial charge in [-0.2, -0.15) is 0 Å². The van der Waals surface area contributed by atoms with E-state index in [1.54, 1.807) is 0 Å². The van der Waals surface area contributed by atoms with E-state index in [1.807, 2.05) is 74.5 Å². The Balaban J connectivity index is 1.37. The lowest BCUT2D eigenvalue weighted by atomic mass is 10.1. The zero-order valence-electron chi connectivity index (χ0n) is 19.0. The molecule has 0 atom stereocenters. The molecule has 1 amide bonds.